The molecule has 2 aromatic carbocycles. The number of benzene rings is 2. The first-order chi connectivity index (χ1) is 16.3. The Kier molecular flexibility index (Phi) is 6.88. The number of carbonyl (C=O) groups is 2. The van der Waals surface area contributed by atoms with Gasteiger partial charge in [0.05, 0.1) is 11.3 Å². The van der Waals surface area contributed by atoms with Crippen LogP contribution in [-0.2, 0) is 6.54 Å². The number of rotatable bonds is 5. The molecule has 1 atom stereocenters. The van der Waals surface area contributed by atoms with E-state index in [-0.39, 0.29) is 17.8 Å². The molecule has 0 bridgehead atoms. The zero-order valence-corrected chi connectivity index (χ0v) is 19.2. The number of hydrogen-bond acceptors (Lipinski definition) is 4. The fraction of sp³-hybridized carbons (Fsp3) is 0.269. The lowest BCUT2D eigenvalue weighted by atomic mass is 10.1. The minimum atomic E-state index is -0.871. The molecule has 1 aromatic heterocycles. The van der Waals surface area contributed by atoms with Gasteiger partial charge in [-0.05, 0) is 61.0 Å². The molecule has 1 N–H and O–H groups in total. The van der Waals surface area contributed by atoms with Gasteiger partial charge in [-0.1, -0.05) is 12.1 Å². The highest BCUT2D eigenvalue weighted by atomic mass is 19.1. The fourth-order valence-corrected chi connectivity index (χ4v) is 4.17. The van der Waals surface area contributed by atoms with Crippen LogP contribution in [0, 0.1) is 5.82 Å². The second-order valence-corrected chi connectivity index (χ2v) is 8.53. The smallest absolute Gasteiger partial charge is 0.407 e. The molecule has 0 radical (unpaired) electrons. The minimum absolute atomic E-state index is 0.0441. The lowest BCUT2D eigenvalue weighted by molar-refractivity contribution is 0.0711. The first kappa shape index (κ1) is 23.4. The predicted octanol–water partition coefficient (Wildman–Crippen LogP) is 4.35. The van der Waals surface area contributed by atoms with Gasteiger partial charge in [0.2, 0.25) is 0 Å². The van der Waals surface area contributed by atoms with Crippen molar-refractivity contribution in [1.29, 1.82) is 0 Å². The van der Waals surface area contributed by atoms with Crippen molar-refractivity contribution >= 4 is 17.7 Å². The zero-order valence-electron chi connectivity index (χ0n) is 19.2. The summed E-state index contributed by atoms with van der Waals surface area (Å²) in [7, 11) is 1.72. The van der Waals surface area contributed by atoms with Crippen LogP contribution >= 0.6 is 0 Å². The van der Waals surface area contributed by atoms with E-state index in [1.54, 1.807) is 36.2 Å². The Morgan fingerprint density at radius 3 is 2.35 bits per heavy atom. The van der Waals surface area contributed by atoms with Gasteiger partial charge in [0, 0.05) is 56.7 Å². The Hall–Kier alpha value is -3.78. The molecule has 4 rings (SSSR count). The van der Waals surface area contributed by atoms with Gasteiger partial charge >= 0.3 is 6.09 Å². The number of piperazine rings is 1. The van der Waals surface area contributed by atoms with Crippen LogP contribution in [-0.4, -0.2) is 64.6 Å². The molecule has 0 saturated carbocycles. The molecule has 0 unspecified atom stereocenters. The van der Waals surface area contributed by atoms with Gasteiger partial charge < -0.3 is 14.9 Å². The monoisotopic (exact) mass is 462 g/mol. The lowest BCUT2D eigenvalue weighted by Gasteiger charge is -2.38. The van der Waals surface area contributed by atoms with Crippen LogP contribution in [0.1, 0.15) is 22.8 Å². The van der Waals surface area contributed by atoms with Gasteiger partial charge in [-0.3, -0.25) is 14.7 Å². The van der Waals surface area contributed by atoms with Crippen LogP contribution in [0.2, 0.25) is 0 Å². The van der Waals surface area contributed by atoms with Gasteiger partial charge in [-0.2, -0.15) is 0 Å². The van der Waals surface area contributed by atoms with Crippen molar-refractivity contribution in [2.75, 3.05) is 31.6 Å². The van der Waals surface area contributed by atoms with Crippen molar-refractivity contribution in [2.24, 2.45) is 0 Å². The highest BCUT2D eigenvalue weighted by Crippen LogP contribution is 2.21. The first-order valence-electron chi connectivity index (χ1n) is 11.1. The maximum atomic E-state index is 13.1. The number of carboxylic acid groups (broad SMARTS) is 1. The number of halogens is 1. The molecule has 2 amide bonds. The van der Waals surface area contributed by atoms with Crippen molar-refractivity contribution < 1.29 is 19.1 Å². The zero-order chi connectivity index (χ0) is 24.2. The van der Waals surface area contributed by atoms with E-state index in [1.165, 1.54) is 23.2 Å². The molecule has 0 spiro atoms. The third kappa shape index (κ3) is 5.23. The quantitative estimate of drug-likeness (QED) is 0.610. The normalized spacial score (nSPS) is 16.3. The van der Waals surface area contributed by atoms with E-state index in [1.807, 2.05) is 31.2 Å². The second-order valence-electron chi connectivity index (χ2n) is 8.53. The summed E-state index contributed by atoms with van der Waals surface area (Å²) in [4.78, 5) is 33.8. The van der Waals surface area contributed by atoms with E-state index in [9.17, 15) is 19.1 Å². The molecule has 8 heteroatoms. The van der Waals surface area contributed by atoms with Crippen molar-refractivity contribution in [3.8, 4) is 11.3 Å². The Labute approximate surface area is 198 Å². The average molecular weight is 463 g/mol. The molecule has 0 aliphatic carbocycles. The summed E-state index contributed by atoms with van der Waals surface area (Å²) in [6.45, 7) is 4.53. The SMILES string of the molecule is C[C@H]1CN(Cc2ccc(N(C)C(=O)c3ccc(-c4ccc(F)cc4)nc3)cc2)CCN1C(=O)O. The number of hydrogen-bond donors (Lipinski definition) is 1. The van der Waals surface area contributed by atoms with Crippen LogP contribution in [0.4, 0.5) is 14.9 Å². The van der Waals surface area contributed by atoms with E-state index < -0.39 is 6.09 Å². The maximum absolute atomic E-state index is 13.1. The number of nitrogens with zero attached hydrogens (tertiary/aromatic N) is 4. The predicted molar refractivity (Wildman–Crippen MR) is 128 cm³/mol. The second kappa shape index (κ2) is 10.0. The number of carbonyl (C=O) groups excluding carboxylic acids is 1. The van der Waals surface area contributed by atoms with Gasteiger partial charge in [-0.25, -0.2) is 9.18 Å². The molecule has 1 aliphatic heterocycles. The summed E-state index contributed by atoms with van der Waals surface area (Å²) in [6, 6.07) is 17.3. The fourth-order valence-electron chi connectivity index (χ4n) is 4.17. The summed E-state index contributed by atoms with van der Waals surface area (Å²) < 4.78 is 13.1. The third-order valence-electron chi connectivity index (χ3n) is 6.14. The Morgan fingerprint density at radius 2 is 1.76 bits per heavy atom. The van der Waals surface area contributed by atoms with Gasteiger partial charge in [0.15, 0.2) is 0 Å². The summed E-state index contributed by atoms with van der Waals surface area (Å²) in [5.74, 6) is -0.483. The van der Waals surface area contributed by atoms with Crippen molar-refractivity contribution in [3.63, 3.8) is 0 Å². The molecular weight excluding hydrogens is 435 g/mol. The molecule has 176 valence electrons. The highest BCUT2D eigenvalue weighted by molar-refractivity contribution is 6.05. The molecule has 3 aromatic rings. The van der Waals surface area contributed by atoms with Crippen LogP contribution in [0.3, 0.4) is 0 Å². The third-order valence-corrected chi connectivity index (χ3v) is 6.14. The summed E-state index contributed by atoms with van der Waals surface area (Å²) >= 11 is 0. The molecule has 2 heterocycles. The maximum Gasteiger partial charge on any atom is 0.407 e. The number of aromatic nitrogens is 1. The van der Waals surface area contributed by atoms with Crippen LogP contribution < -0.4 is 4.90 Å². The summed E-state index contributed by atoms with van der Waals surface area (Å²) in [5, 5.41) is 9.23. The Bertz CT molecular complexity index is 1150. The van der Waals surface area contributed by atoms with Crippen molar-refractivity contribution in [1.82, 2.24) is 14.8 Å². The van der Waals surface area contributed by atoms with E-state index in [2.05, 4.69) is 9.88 Å². The molecule has 7 nitrogen and oxygen atoms in total. The summed E-state index contributed by atoms with van der Waals surface area (Å²) in [5.41, 5.74) is 3.78. The van der Waals surface area contributed by atoms with E-state index in [4.69, 9.17) is 0 Å². The topological polar surface area (TPSA) is 77.0 Å². The van der Waals surface area contributed by atoms with E-state index in [0.29, 0.717) is 30.9 Å². The average Bonchev–Trinajstić information content (AvgIpc) is 2.84. The van der Waals surface area contributed by atoms with E-state index >= 15 is 0 Å². The molecule has 1 fully saturated rings. The van der Waals surface area contributed by atoms with Gasteiger partial charge in [0.25, 0.3) is 5.91 Å². The van der Waals surface area contributed by atoms with Crippen molar-refractivity contribution in [3.05, 3.63) is 83.8 Å². The lowest BCUT2D eigenvalue weighted by Crippen LogP contribution is -2.53. The summed E-state index contributed by atoms with van der Waals surface area (Å²) in [6.07, 6.45) is 0.661. The Morgan fingerprint density at radius 1 is 1.06 bits per heavy atom. The largest absolute Gasteiger partial charge is 0.465 e. The van der Waals surface area contributed by atoms with E-state index in [0.717, 1.165) is 23.4 Å². The molecule has 1 saturated heterocycles. The number of pyridine rings is 1. The molecule has 34 heavy (non-hydrogen) atoms. The van der Waals surface area contributed by atoms with Crippen LogP contribution in [0.15, 0.2) is 66.9 Å². The molecular formula is C26H27FN4O3. The van der Waals surface area contributed by atoms with Crippen LogP contribution in [0.25, 0.3) is 11.3 Å². The van der Waals surface area contributed by atoms with Crippen LogP contribution in [0.5, 0.6) is 0 Å². The Balaban J connectivity index is 1.37. The highest BCUT2D eigenvalue weighted by Gasteiger charge is 2.27. The van der Waals surface area contributed by atoms with Gasteiger partial charge in [0.1, 0.15) is 5.82 Å². The van der Waals surface area contributed by atoms with Gasteiger partial charge in [-0.15, -0.1) is 0 Å². The van der Waals surface area contributed by atoms with Crippen molar-refractivity contribution in [2.45, 2.75) is 19.5 Å². The standard InChI is InChI=1S/C26H27FN4O3/c1-18-16-30(13-14-31(18)26(33)34)17-19-3-10-23(11-4-19)29(2)25(32)21-7-12-24(28-15-21)20-5-8-22(27)9-6-20/h3-12,15,18H,13-14,16-17H2,1-2H3,(H,33,34)/t18-/m0/s1. The first-order valence-corrected chi connectivity index (χ1v) is 11.1. The number of amides is 2. The number of anilines is 1. The minimum Gasteiger partial charge on any atom is -0.465 e. The molecule has 1 aliphatic rings.